The van der Waals surface area contributed by atoms with E-state index < -0.39 is 0 Å². The summed E-state index contributed by atoms with van der Waals surface area (Å²) in [5, 5.41) is 2.66. The van der Waals surface area contributed by atoms with Gasteiger partial charge in [0.05, 0.1) is 0 Å². The lowest BCUT2D eigenvalue weighted by molar-refractivity contribution is 0.0963. The van der Waals surface area contributed by atoms with Gasteiger partial charge in [0.15, 0.2) is 0 Å². The smallest absolute Gasteiger partial charge is 0.251 e. The largest absolute Gasteiger partial charge is 0.371 e. The molecule has 1 aromatic carbocycles. The molecule has 0 bridgehead atoms. The first-order valence-electron chi connectivity index (χ1n) is 8.09. The van der Waals surface area contributed by atoms with Gasteiger partial charge in [-0.1, -0.05) is 0 Å². The molecule has 0 spiro atoms. The molecule has 0 atom stereocenters. The van der Waals surface area contributed by atoms with Crippen molar-refractivity contribution in [1.82, 2.24) is 10.2 Å². The first-order chi connectivity index (χ1) is 10.3. The summed E-state index contributed by atoms with van der Waals surface area (Å²) in [5.41, 5.74) is 1.97. The maximum absolute atomic E-state index is 11.6. The molecule has 0 unspecified atom stereocenters. The van der Waals surface area contributed by atoms with Gasteiger partial charge in [0, 0.05) is 37.4 Å². The van der Waals surface area contributed by atoms with E-state index >= 15 is 0 Å². The predicted molar refractivity (Wildman–Crippen MR) is 85.9 cm³/mol. The van der Waals surface area contributed by atoms with Crippen molar-refractivity contribution in [3.63, 3.8) is 0 Å². The van der Waals surface area contributed by atoms with Crippen LogP contribution in [0.25, 0.3) is 0 Å². The Kier molecular flexibility index (Phi) is 4.44. The quantitative estimate of drug-likeness (QED) is 0.925. The van der Waals surface area contributed by atoms with E-state index in [1.165, 1.54) is 44.5 Å². The molecule has 2 aliphatic heterocycles. The van der Waals surface area contributed by atoms with Crippen molar-refractivity contribution in [3.8, 4) is 0 Å². The lowest BCUT2D eigenvalue weighted by Gasteiger charge is -2.37. The Morgan fingerprint density at radius 2 is 1.67 bits per heavy atom. The van der Waals surface area contributed by atoms with Gasteiger partial charge in [-0.25, -0.2) is 0 Å². The van der Waals surface area contributed by atoms with Gasteiger partial charge in [0.2, 0.25) is 0 Å². The van der Waals surface area contributed by atoms with E-state index in [4.69, 9.17) is 0 Å². The third-order valence-electron chi connectivity index (χ3n) is 4.84. The van der Waals surface area contributed by atoms with Crippen LogP contribution in [0.2, 0.25) is 0 Å². The molecule has 1 N–H and O–H groups in total. The van der Waals surface area contributed by atoms with E-state index in [1.54, 1.807) is 7.05 Å². The summed E-state index contributed by atoms with van der Waals surface area (Å²) < 4.78 is 0. The average Bonchev–Trinajstić information content (AvgIpc) is 3.09. The Morgan fingerprint density at radius 1 is 1.05 bits per heavy atom. The fourth-order valence-corrected chi connectivity index (χ4v) is 3.56. The molecule has 4 nitrogen and oxygen atoms in total. The fraction of sp³-hybridized carbons (Fsp3) is 0.588. The first kappa shape index (κ1) is 14.4. The highest BCUT2D eigenvalue weighted by molar-refractivity contribution is 5.94. The zero-order chi connectivity index (χ0) is 14.7. The van der Waals surface area contributed by atoms with Crippen LogP contribution in [0.5, 0.6) is 0 Å². The molecule has 0 radical (unpaired) electrons. The molecule has 0 aliphatic carbocycles. The van der Waals surface area contributed by atoms with Crippen molar-refractivity contribution < 1.29 is 4.79 Å². The van der Waals surface area contributed by atoms with Crippen molar-refractivity contribution >= 4 is 11.6 Å². The SMILES string of the molecule is CNC(=O)c1ccc(N2CCC(N3CCCC3)CC2)cc1. The van der Waals surface area contributed by atoms with Gasteiger partial charge in [-0.3, -0.25) is 4.79 Å². The number of likely N-dealkylation sites (tertiary alicyclic amines) is 1. The van der Waals surface area contributed by atoms with Crippen LogP contribution >= 0.6 is 0 Å². The lowest BCUT2D eigenvalue weighted by Crippen LogP contribution is -2.43. The highest BCUT2D eigenvalue weighted by Crippen LogP contribution is 2.25. The van der Waals surface area contributed by atoms with Gasteiger partial charge >= 0.3 is 0 Å². The van der Waals surface area contributed by atoms with Gasteiger partial charge in [-0.15, -0.1) is 0 Å². The summed E-state index contributed by atoms with van der Waals surface area (Å²) in [6.07, 6.45) is 5.27. The van der Waals surface area contributed by atoms with Crippen molar-refractivity contribution in [2.75, 3.05) is 38.1 Å². The number of benzene rings is 1. The molecule has 4 heteroatoms. The number of piperidine rings is 1. The summed E-state index contributed by atoms with van der Waals surface area (Å²) in [4.78, 5) is 16.7. The molecule has 114 valence electrons. The molecular formula is C17H25N3O. The molecule has 0 aromatic heterocycles. The van der Waals surface area contributed by atoms with E-state index in [1.807, 2.05) is 12.1 Å². The van der Waals surface area contributed by atoms with E-state index in [0.29, 0.717) is 0 Å². The van der Waals surface area contributed by atoms with Crippen LogP contribution in [0.4, 0.5) is 5.69 Å². The van der Waals surface area contributed by atoms with Crippen molar-refractivity contribution in [2.45, 2.75) is 31.7 Å². The number of nitrogens with one attached hydrogen (secondary N) is 1. The van der Waals surface area contributed by atoms with Gasteiger partial charge in [-0.2, -0.15) is 0 Å². The maximum Gasteiger partial charge on any atom is 0.251 e. The second kappa shape index (κ2) is 6.48. The van der Waals surface area contributed by atoms with Gasteiger partial charge in [0.1, 0.15) is 0 Å². The van der Waals surface area contributed by atoms with Crippen LogP contribution in [0.1, 0.15) is 36.0 Å². The number of nitrogens with zero attached hydrogens (tertiary/aromatic N) is 2. The number of carbonyl (C=O) groups excluding carboxylic acids is 1. The number of anilines is 1. The highest BCUT2D eigenvalue weighted by atomic mass is 16.1. The second-order valence-corrected chi connectivity index (χ2v) is 6.09. The van der Waals surface area contributed by atoms with E-state index in [0.717, 1.165) is 24.7 Å². The van der Waals surface area contributed by atoms with E-state index in [-0.39, 0.29) is 5.91 Å². The minimum Gasteiger partial charge on any atom is -0.371 e. The molecule has 2 aliphatic rings. The predicted octanol–water partition coefficient (Wildman–Crippen LogP) is 2.11. The third-order valence-corrected chi connectivity index (χ3v) is 4.84. The molecule has 2 heterocycles. The number of rotatable bonds is 3. The van der Waals surface area contributed by atoms with Crippen molar-refractivity contribution in [1.29, 1.82) is 0 Å². The summed E-state index contributed by atoms with van der Waals surface area (Å²) in [6.45, 7) is 4.85. The van der Waals surface area contributed by atoms with Crippen LogP contribution < -0.4 is 10.2 Å². The molecule has 2 fully saturated rings. The molecule has 1 amide bonds. The monoisotopic (exact) mass is 287 g/mol. The molecule has 21 heavy (non-hydrogen) atoms. The van der Waals surface area contributed by atoms with Crippen LogP contribution in [-0.4, -0.2) is 50.1 Å². The maximum atomic E-state index is 11.6. The van der Waals surface area contributed by atoms with Gasteiger partial charge < -0.3 is 15.1 Å². The van der Waals surface area contributed by atoms with Crippen LogP contribution in [-0.2, 0) is 0 Å². The fourth-order valence-electron chi connectivity index (χ4n) is 3.56. The minimum atomic E-state index is -0.0192. The first-order valence-corrected chi connectivity index (χ1v) is 8.09. The van der Waals surface area contributed by atoms with Crippen LogP contribution in [0, 0.1) is 0 Å². The lowest BCUT2D eigenvalue weighted by atomic mass is 10.0. The minimum absolute atomic E-state index is 0.0192. The summed E-state index contributed by atoms with van der Waals surface area (Å²) >= 11 is 0. The van der Waals surface area contributed by atoms with Crippen LogP contribution in [0.15, 0.2) is 24.3 Å². The van der Waals surface area contributed by atoms with E-state index in [2.05, 4.69) is 27.2 Å². The average molecular weight is 287 g/mol. The standard InChI is InChI=1S/C17H25N3O/c1-18-17(21)14-4-6-15(7-5-14)20-12-8-16(9-13-20)19-10-2-3-11-19/h4-7,16H,2-3,8-13H2,1H3,(H,18,21). The zero-order valence-corrected chi connectivity index (χ0v) is 12.8. The Balaban J connectivity index is 1.57. The number of hydrogen-bond acceptors (Lipinski definition) is 3. The zero-order valence-electron chi connectivity index (χ0n) is 12.8. The summed E-state index contributed by atoms with van der Waals surface area (Å²) in [6, 6.07) is 8.76. The number of amides is 1. The highest BCUT2D eigenvalue weighted by Gasteiger charge is 2.26. The summed E-state index contributed by atoms with van der Waals surface area (Å²) in [7, 11) is 1.67. The number of carbonyl (C=O) groups is 1. The van der Waals surface area contributed by atoms with E-state index in [9.17, 15) is 4.79 Å². The summed E-state index contributed by atoms with van der Waals surface area (Å²) in [5.74, 6) is -0.0192. The Labute approximate surface area is 127 Å². The van der Waals surface area contributed by atoms with Crippen molar-refractivity contribution in [3.05, 3.63) is 29.8 Å². The molecular weight excluding hydrogens is 262 g/mol. The Bertz CT molecular complexity index is 471. The van der Waals surface area contributed by atoms with Crippen LogP contribution in [0.3, 0.4) is 0 Å². The molecule has 0 saturated carbocycles. The Hall–Kier alpha value is -1.55. The molecule has 3 rings (SSSR count). The topological polar surface area (TPSA) is 35.6 Å². The second-order valence-electron chi connectivity index (χ2n) is 6.09. The Morgan fingerprint density at radius 3 is 2.24 bits per heavy atom. The van der Waals surface area contributed by atoms with Crippen molar-refractivity contribution in [2.24, 2.45) is 0 Å². The third kappa shape index (κ3) is 3.21. The van der Waals surface area contributed by atoms with Gasteiger partial charge in [0.25, 0.3) is 5.91 Å². The molecule has 2 saturated heterocycles. The normalized spacial score (nSPS) is 20.7. The molecule has 1 aromatic rings. The van der Waals surface area contributed by atoms with Gasteiger partial charge in [-0.05, 0) is 63.0 Å². The number of hydrogen-bond donors (Lipinski definition) is 1.